The molecule has 4 N–H and O–H groups in total. The first-order valence-electron chi connectivity index (χ1n) is 4.60. The van der Waals surface area contributed by atoms with Crippen molar-refractivity contribution in [1.29, 1.82) is 10.8 Å². The van der Waals surface area contributed by atoms with E-state index >= 15 is 0 Å². The fourth-order valence-electron chi connectivity index (χ4n) is 1.50. The van der Waals surface area contributed by atoms with E-state index in [1.807, 2.05) is 24.3 Å². The fraction of sp³-hybridized carbons (Fsp3) is 0. The van der Waals surface area contributed by atoms with Crippen LogP contribution in [0.1, 0.15) is 5.56 Å². The molecule has 0 amide bonds. The average molecular weight is 197 g/mol. The van der Waals surface area contributed by atoms with Crippen molar-refractivity contribution in [1.82, 2.24) is 0 Å². The minimum absolute atomic E-state index is 0.231. The van der Waals surface area contributed by atoms with E-state index in [1.165, 1.54) is 0 Å². The highest BCUT2D eigenvalue weighted by atomic mass is 14.6. The number of anilines is 1. The van der Waals surface area contributed by atoms with Crippen LogP contribution in [0.2, 0.25) is 0 Å². The Hall–Kier alpha value is -2.16. The van der Waals surface area contributed by atoms with Crippen molar-refractivity contribution in [3.05, 3.63) is 48.1 Å². The first-order valence-corrected chi connectivity index (χ1v) is 4.60. The Bertz CT molecular complexity index is 495. The van der Waals surface area contributed by atoms with E-state index in [4.69, 9.17) is 16.6 Å². The summed E-state index contributed by atoms with van der Waals surface area (Å²) in [5.41, 5.74) is 8.44. The number of benzene rings is 1. The van der Waals surface area contributed by atoms with Gasteiger partial charge in [0.25, 0.3) is 0 Å². The molecular weight excluding hydrogens is 186 g/mol. The zero-order chi connectivity index (χ0) is 10.8. The second-order valence-corrected chi connectivity index (χ2v) is 3.35. The van der Waals surface area contributed by atoms with Crippen molar-refractivity contribution in [2.24, 2.45) is 0 Å². The van der Waals surface area contributed by atoms with E-state index < -0.39 is 0 Å². The molecule has 0 radical (unpaired) electrons. The second kappa shape index (κ2) is 3.53. The predicted molar refractivity (Wildman–Crippen MR) is 63.4 cm³/mol. The van der Waals surface area contributed by atoms with E-state index in [0.29, 0.717) is 5.69 Å². The molecule has 3 nitrogen and oxygen atoms in total. The van der Waals surface area contributed by atoms with Gasteiger partial charge < -0.3 is 5.73 Å². The van der Waals surface area contributed by atoms with Gasteiger partial charge >= 0.3 is 0 Å². The molecule has 0 spiro atoms. The summed E-state index contributed by atoms with van der Waals surface area (Å²) in [6.45, 7) is 0. The molecule has 0 fully saturated rings. The molecule has 0 atom stereocenters. The van der Waals surface area contributed by atoms with Gasteiger partial charge in [0.05, 0.1) is 11.4 Å². The Morgan fingerprint density at radius 2 is 1.93 bits per heavy atom. The lowest BCUT2D eigenvalue weighted by atomic mass is 9.94. The molecular formula is C12H11N3. The summed E-state index contributed by atoms with van der Waals surface area (Å²) >= 11 is 0. The Kier molecular flexibility index (Phi) is 2.21. The number of nitrogens with two attached hydrogens (primary N) is 1. The highest BCUT2D eigenvalue weighted by molar-refractivity contribution is 6.59. The Balaban J connectivity index is 2.48. The molecule has 0 bridgehead atoms. The standard InChI is InChI=1S/C12H11N3/c13-9-4-1-3-8(7-9)10-5-2-6-11(14)12(10)15/h1-7,14-15H,13H2. The van der Waals surface area contributed by atoms with Crippen molar-refractivity contribution >= 4 is 22.7 Å². The van der Waals surface area contributed by atoms with Gasteiger partial charge in [-0.2, -0.15) is 0 Å². The highest BCUT2D eigenvalue weighted by Gasteiger charge is 2.13. The summed E-state index contributed by atoms with van der Waals surface area (Å²) in [6, 6.07) is 7.36. The van der Waals surface area contributed by atoms with Crippen molar-refractivity contribution in [2.45, 2.75) is 0 Å². The van der Waals surface area contributed by atoms with Gasteiger partial charge in [-0.3, -0.25) is 10.8 Å². The quantitative estimate of drug-likeness (QED) is 0.469. The maximum atomic E-state index is 7.77. The van der Waals surface area contributed by atoms with Crippen LogP contribution in [0.4, 0.5) is 5.69 Å². The maximum absolute atomic E-state index is 7.77. The molecule has 1 aliphatic rings. The molecule has 0 aromatic heterocycles. The molecule has 0 saturated heterocycles. The lowest BCUT2D eigenvalue weighted by molar-refractivity contribution is 1.48. The molecule has 0 unspecified atom stereocenters. The molecule has 0 aliphatic heterocycles. The fourth-order valence-corrected chi connectivity index (χ4v) is 1.50. The molecule has 1 aromatic carbocycles. The van der Waals surface area contributed by atoms with Crippen molar-refractivity contribution in [3.8, 4) is 0 Å². The first kappa shape index (κ1) is 9.40. The van der Waals surface area contributed by atoms with Gasteiger partial charge in [0.15, 0.2) is 0 Å². The van der Waals surface area contributed by atoms with Crippen LogP contribution in [0.25, 0.3) is 5.57 Å². The minimum atomic E-state index is 0.231. The summed E-state index contributed by atoms with van der Waals surface area (Å²) in [7, 11) is 0. The average Bonchev–Trinajstić information content (AvgIpc) is 2.22. The zero-order valence-corrected chi connectivity index (χ0v) is 8.12. The Labute approximate surface area is 87.9 Å². The van der Waals surface area contributed by atoms with Crippen molar-refractivity contribution in [3.63, 3.8) is 0 Å². The van der Waals surface area contributed by atoms with Gasteiger partial charge in [0.2, 0.25) is 0 Å². The van der Waals surface area contributed by atoms with Crippen LogP contribution < -0.4 is 5.73 Å². The summed E-state index contributed by atoms with van der Waals surface area (Å²) < 4.78 is 0. The number of allylic oxidation sites excluding steroid dienone is 4. The summed E-state index contributed by atoms with van der Waals surface area (Å²) in [5, 5.41) is 15.3. The van der Waals surface area contributed by atoms with Crippen LogP contribution in [-0.4, -0.2) is 11.4 Å². The number of nitrogen functional groups attached to an aromatic ring is 1. The molecule has 1 aliphatic carbocycles. The second-order valence-electron chi connectivity index (χ2n) is 3.35. The largest absolute Gasteiger partial charge is 0.399 e. The molecule has 2 rings (SSSR count). The van der Waals surface area contributed by atoms with Gasteiger partial charge in [-0.15, -0.1) is 0 Å². The van der Waals surface area contributed by atoms with E-state index in [2.05, 4.69) is 0 Å². The van der Waals surface area contributed by atoms with Gasteiger partial charge in [0.1, 0.15) is 0 Å². The number of hydrogen-bond donors (Lipinski definition) is 3. The normalized spacial score (nSPS) is 15.3. The third-order valence-electron chi connectivity index (χ3n) is 2.26. The van der Waals surface area contributed by atoms with E-state index in [1.54, 1.807) is 18.2 Å². The van der Waals surface area contributed by atoms with Gasteiger partial charge in [-0.25, -0.2) is 0 Å². The molecule has 74 valence electrons. The van der Waals surface area contributed by atoms with Crippen LogP contribution in [0.15, 0.2) is 42.5 Å². The lowest BCUT2D eigenvalue weighted by Gasteiger charge is -2.11. The maximum Gasteiger partial charge on any atom is 0.0867 e. The number of hydrogen-bond acceptors (Lipinski definition) is 3. The number of nitrogens with one attached hydrogen (secondary N) is 2. The smallest absolute Gasteiger partial charge is 0.0867 e. The van der Waals surface area contributed by atoms with E-state index in [9.17, 15) is 0 Å². The zero-order valence-electron chi connectivity index (χ0n) is 8.12. The SMILES string of the molecule is N=C1C=CC=C(c2cccc(N)c2)C1=N. The lowest BCUT2D eigenvalue weighted by Crippen LogP contribution is -2.13. The Morgan fingerprint density at radius 3 is 2.67 bits per heavy atom. The van der Waals surface area contributed by atoms with Crippen LogP contribution in [0.3, 0.4) is 0 Å². The molecule has 1 aromatic rings. The molecule has 3 heteroatoms. The van der Waals surface area contributed by atoms with Crippen LogP contribution in [-0.2, 0) is 0 Å². The first-order chi connectivity index (χ1) is 7.18. The van der Waals surface area contributed by atoms with E-state index in [-0.39, 0.29) is 11.4 Å². The monoisotopic (exact) mass is 197 g/mol. The van der Waals surface area contributed by atoms with Crippen molar-refractivity contribution in [2.75, 3.05) is 5.73 Å². The summed E-state index contributed by atoms with van der Waals surface area (Å²) in [5.74, 6) is 0. The van der Waals surface area contributed by atoms with Crippen LogP contribution in [0, 0.1) is 10.8 Å². The number of rotatable bonds is 1. The van der Waals surface area contributed by atoms with Gasteiger partial charge in [-0.05, 0) is 23.8 Å². The molecule has 15 heavy (non-hydrogen) atoms. The van der Waals surface area contributed by atoms with E-state index in [0.717, 1.165) is 11.1 Å². The third kappa shape index (κ3) is 1.72. The Morgan fingerprint density at radius 1 is 1.13 bits per heavy atom. The molecule has 0 saturated carbocycles. The predicted octanol–water partition coefficient (Wildman–Crippen LogP) is 2.26. The third-order valence-corrected chi connectivity index (χ3v) is 2.26. The van der Waals surface area contributed by atoms with Crippen LogP contribution in [0.5, 0.6) is 0 Å². The van der Waals surface area contributed by atoms with Gasteiger partial charge in [0, 0.05) is 11.3 Å². The molecule has 0 heterocycles. The van der Waals surface area contributed by atoms with Gasteiger partial charge in [-0.1, -0.05) is 24.3 Å². The highest BCUT2D eigenvalue weighted by Crippen LogP contribution is 2.21. The topological polar surface area (TPSA) is 73.7 Å². The van der Waals surface area contributed by atoms with Crippen molar-refractivity contribution < 1.29 is 0 Å². The minimum Gasteiger partial charge on any atom is -0.399 e. The summed E-state index contributed by atoms with van der Waals surface area (Å²) in [6.07, 6.45) is 5.21. The van der Waals surface area contributed by atoms with Crippen LogP contribution >= 0.6 is 0 Å². The summed E-state index contributed by atoms with van der Waals surface area (Å²) in [4.78, 5) is 0.